The van der Waals surface area contributed by atoms with Crippen molar-refractivity contribution in [2.75, 3.05) is 30.7 Å². The topological polar surface area (TPSA) is 176 Å². The molecule has 0 radical (unpaired) electrons. The van der Waals surface area contributed by atoms with Crippen LogP contribution in [0, 0.1) is 16.2 Å². The lowest BCUT2D eigenvalue weighted by atomic mass is 9.73. The van der Waals surface area contributed by atoms with Crippen molar-refractivity contribution in [3.05, 3.63) is 301 Å². The summed E-state index contributed by atoms with van der Waals surface area (Å²) in [5.41, 5.74) is 13.6. The van der Waals surface area contributed by atoms with Gasteiger partial charge in [0.25, 0.3) is 0 Å². The van der Waals surface area contributed by atoms with Gasteiger partial charge in [-0.05, 0) is 142 Å². The van der Waals surface area contributed by atoms with E-state index >= 15 is 0 Å². The van der Waals surface area contributed by atoms with Crippen molar-refractivity contribution in [2.45, 2.75) is 139 Å². The van der Waals surface area contributed by atoms with Crippen molar-refractivity contribution in [3.63, 3.8) is 0 Å². The van der Waals surface area contributed by atoms with E-state index in [1.165, 1.54) is 20.8 Å². The molecule has 0 aromatic heterocycles. The number of carbonyl (C=O) groups excluding carboxylic acids is 6. The van der Waals surface area contributed by atoms with Crippen molar-refractivity contribution in [3.8, 4) is 17.2 Å². The van der Waals surface area contributed by atoms with Crippen molar-refractivity contribution >= 4 is 104 Å². The number of benzene rings is 9. The van der Waals surface area contributed by atoms with Gasteiger partial charge in [-0.25, -0.2) is 0 Å². The van der Waals surface area contributed by atoms with Crippen LogP contribution in [0.2, 0.25) is 15.1 Å². The third-order valence-corrected chi connectivity index (χ3v) is 21.2. The lowest BCUT2D eigenvalue weighted by Gasteiger charge is -2.37. The molecule has 3 N–H and O–H groups in total. The normalized spacial score (nSPS) is 18.6. The fourth-order valence-corrected chi connectivity index (χ4v) is 16.4. The maximum absolute atomic E-state index is 13.6. The van der Waals surface area contributed by atoms with Gasteiger partial charge in [0.05, 0.1) is 52.2 Å². The number of hydrogen-bond acceptors (Lipinski definition) is 12. The van der Waals surface area contributed by atoms with Crippen LogP contribution in [0.4, 0.5) is 34.1 Å². The summed E-state index contributed by atoms with van der Waals surface area (Å²) in [4.78, 5) is 85.4. The smallest absolute Gasteiger partial charge is 0.224 e. The quantitative estimate of drug-likeness (QED) is 0.106. The number of ketones is 3. The molecule has 0 bridgehead atoms. The fraction of sp³-hybridized carbons (Fsp3) is 0.267. The van der Waals surface area contributed by atoms with E-state index in [9.17, 15) is 28.8 Å². The molecule has 3 amide bonds. The molecule has 108 heavy (non-hydrogen) atoms. The molecule has 0 saturated heterocycles. The summed E-state index contributed by atoms with van der Waals surface area (Å²) >= 11 is 20.6. The number of anilines is 6. The first-order chi connectivity index (χ1) is 51.7. The number of halogens is 3. The second-order valence-corrected chi connectivity index (χ2v) is 31.9. The van der Waals surface area contributed by atoms with Gasteiger partial charge >= 0.3 is 0 Å². The minimum Gasteiger partial charge on any atom is -0.489 e. The molecule has 3 aliphatic heterocycles. The van der Waals surface area contributed by atoms with E-state index in [0.717, 1.165) is 67.9 Å². The Balaban J connectivity index is 0.000000143. The minimum absolute atomic E-state index is 0.0262. The monoisotopic (exact) mass is 1500 g/mol. The predicted molar refractivity (Wildman–Crippen MR) is 430 cm³/mol. The first-order valence-electron chi connectivity index (χ1n) is 36.3. The van der Waals surface area contributed by atoms with Crippen LogP contribution in [0.1, 0.15) is 152 Å². The number of para-hydroxylation sites is 6. The summed E-state index contributed by atoms with van der Waals surface area (Å²) in [7, 11) is 0. The Morgan fingerprint density at radius 2 is 0.593 bits per heavy atom. The van der Waals surface area contributed by atoms with E-state index in [2.05, 4.69) is 57.5 Å². The van der Waals surface area contributed by atoms with E-state index in [1.54, 1.807) is 32.9 Å². The molecule has 3 atom stereocenters. The van der Waals surface area contributed by atoms with Crippen molar-refractivity contribution in [1.82, 2.24) is 0 Å². The first kappa shape index (κ1) is 75.5. The number of carbonyl (C=O) groups is 6. The highest BCUT2D eigenvalue weighted by atomic mass is 35.5. The Hall–Kier alpha value is -10.7. The second kappa shape index (κ2) is 31.6. The maximum atomic E-state index is 13.6. The minimum atomic E-state index is -0.645. The van der Waals surface area contributed by atoms with Gasteiger partial charge < -0.3 is 30.2 Å². The molecule has 6 aliphatic rings. The van der Waals surface area contributed by atoms with Crippen molar-refractivity contribution in [2.24, 2.45) is 16.2 Å². The lowest BCUT2D eigenvalue weighted by molar-refractivity contribution is -0.120. The SMILES string of the molecule is CC(=O)N1c2ccccc2NC2=C(C(=O)CC(C)(C)C2)C1c1ccc(OCc2ccccc2)cc1Cl.CC(=O)N1c2ccccc2NC2=C(C(=O)CC(C)(C)C2)[C@@H]1c1ccc(OCc2ccccc2)cc1Cl.CC(=O)N1c2ccccc2NC2=C(C(=O)CC(C)(C)C2)[C@H]1c1ccc(OCc2ccccc2)cc1Cl. The molecule has 3 aliphatic carbocycles. The summed E-state index contributed by atoms with van der Waals surface area (Å²) in [5.74, 6) is 1.46. The van der Waals surface area contributed by atoms with Gasteiger partial charge in [-0.1, -0.05) is 222 Å². The Bertz CT molecular complexity index is 4590. The molecule has 0 fully saturated rings. The Morgan fingerprint density at radius 1 is 0.352 bits per heavy atom. The van der Waals surface area contributed by atoms with E-state index in [0.29, 0.717) is 124 Å². The Morgan fingerprint density at radius 3 is 0.833 bits per heavy atom. The van der Waals surface area contributed by atoms with E-state index < -0.39 is 18.1 Å². The number of allylic oxidation sites excluding steroid dienone is 3. The highest BCUT2D eigenvalue weighted by Crippen LogP contribution is 2.54. The first-order valence-corrected chi connectivity index (χ1v) is 37.5. The number of rotatable bonds is 12. The summed E-state index contributed by atoms with van der Waals surface area (Å²) in [5, 5.41) is 11.8. The number of Topliss-reactive ketones (excluding diaryl/α,β-unsaturated/α-hetero) is 3. The second-order valence-electron chi connectivity index (χ2n) is 30.7. The third-order valence-electron chi connectivity index (χ3n) is 20.3. The van der Waals surface area contributed by atoms with Crippen LogP contribution in [-0.4, -0.2) is 35.1 Å². The number of amides is 3. The van der Waals surface area contributed by atoms with Crippen LogP contribution >= 0.6 is 34.8 Å². The van der Waals surface area contributed by atoms with Gasteiger partial charge in [-0.3, -0.25) is 43.5 Å². The Labute approximate surface area is 646 Å². The van der Waals surface area contributed by atoms with Gasteiger partial charge in [-0.15, -0.1) is 0 Å². The van der Waals surface area contributed by atoms with E-state index in [-0.39, 0.29) is 51.3 Å². The molecule has 0 spiro atoms. The fourth-order valence-electron chi connectivity index (χ4n) is 15.6. The van der Waals surface area contributed by atoms with Gasteiger partial charge in [0, 0.05) is 88.9 Å². The standard InChI is InChI=1S/3C30H29ClN2O3/c3*1-19(34)33-26-12-8-7-11-24(26)32-25-16-30(2,3)17-27(35)28(25)29(33)22-14-13-21(15-23(22)31)36-18-20-9-5-4-6-10-20/h3*4-15,29,32H,16-18H2,1-3H3/t2*29-;/m10./s1. The van der Waals surface area contributed by atoms with E-state index in [4.69, 9.17) is 49.0 Å². The number of nitrogens with one attached hydrogen (secondary N) is 3. The van der Waals surface area contributed by atoms with Crippen LogP contribution in [0.25, 0.3) is 0 Å². The Kier molecular flexibility index (Phi) is 22.1. The highest BCUT2D eigenvalue weighted by Gasteiger charge is 2.47. The molecule has 15 rings (SSSR count). The van der Waals surface area contributed by atoms with Crippen molar-refractivity contribution < 1.29 is 43.0 Å². The van der Waals surface area contributed by atoms with E-state index in [1.807, 2.05) is 200 Å². The largest absolute Gasteiger partial charge is 0.489 e. The van der Waals surface area contributed by atoms with Gasteiger partial charge in [-0.2, -0.15) is 0 Å². The maximum Gasteiger partial charge on any atom is 0.224 e. The van der Waals surface area contributed by atoms with Gasteiger partial charge in [0.1, 0.15) is 37.1 Å². The predicted octanol–water partition coefficient (Wildman–Crippen LogP) is 21.2. The third kappa shape index (κ3) is 16.5. The summed E-state index contributed by atoms with van der Waals surface area (Å²) < 4.78 is 17.9. The number of ether oxygens (including phenoxy) is 3. The van der Waals surface area contributed by atoms with Crippen LogP contribution in [0.3, 0.4) is 0 Å². The summed E-state index contributed by atoms with van der Waals surface area (Å²) in [6.07, 6.45) is 3.30. The number of hydrogen-bond donors (Lipinski definition) is 3. The molecule has 18 heteroatoms. The van der Waals surface area contributed by atoms with Crippen LogP contribution in [-0.2, 0) is 48.6 Å². The zero-order valence-corrected chi connectivity index (χ0v) is 64.3. The molecule has 3 heterocycles. The lowest BCUT2D eigenvalue weighted by Crippen LogP contribution is -2.38. The number of fused-ring (bicyclic) bond motifs is 3. The molecule has 15 nitrogen and oxygen atoms in total. The molecular formula is C90H87Cl3N6O9. The van der Waals surface area contributed by atoms with Gasteiger partial charge in [0.15, 0.2) is 17.3 Å². The number of nitrogens with zero attached hydrogens (tertiary/aromatic N) is 3. The molecule has 1 unspecified atom stereocenters. The molecule has 9 aromatic carbocycles. The average Bonchev–Trinajstić information content (AvgIpc) is 1.52. The zero-order chi connectivity index (χ0) is 76.3. The molecule has 0 saturated carbocycles. The molecular weight excluding hydrogens is 1420 g/mol. The summed E-state index contributed by atoms with van der Waals surface area (Å²) in [6, 6.07) is 67.2. The molecule has 9 aromatic rings. The van der Waals surface area contributed by atoms with Crippen LogP contribution in [0.15, 0.2) is 252 Å². The average molecular weight is 1500 g/mol. The van der Waals surface area contributed by atoms with Crippen molar-refractivity contribution in [1.29, 1.82) is 0 Å². The summed E-state index contributed by atoms with van der Waals surface area (Å²) in [6.45, 7) is 18.4. The zero-order valence-electron chi connectivity index (χ0n) is 62.0. The van der Waals surface area contributed by atoms with Crippen LogP contribution in [0.5, 0.6) is 17.2 Å². The van der Waals surface area contributed by atoms with Gasteiger partial charge in [0.2, 0.25) is 17.7 Å². The molecule has 552 valence electrons. The van der Waals surface area contributed by atoms with Crippen LogP contribution < -0.4 is 44.9 Å². The highest BCUT2D eigenvalue weighted by molar-refractivity contribution is 6.33.